The van der Waals surface area contributed by atoms with Crippen LogP contribution in [0.15, 0.2) is 23.1 Å². The zero-order chi connectivity index (χ0) is 18.8. The van der Waals surface area contributed by atoms with E-state index >= 15 is 0 Å². The SMILES string of the molecule is CC[C@H](C)N([C@H]1CCS(=O)(=O)C1)S(=O)(=O)c1ccc(OC)cc1OC. The molecule has 7 nitrogen and oxygen atoms in total. The normalized spacial score (nSPS) is 21.2. The second-order valence-electron chi connectivity index (χ2n) is 6.17. The third-order valence-electron chi connectivity index (χ3n) is 4.52. The Morgan fingerprint density at radius 2 is 1.96 bits per heavy atom. The topological polar surface area (TPSA) is 90.0 Å². The maximum Gasteiger partial charge on any atom is 0.247 e. The summed E-state index contributed by atoms with van der Waals surface area (Å²) in [6.07, 6.45) is 0.888. The van der Waals surface area contributed by atoms with Crippen molar-refractivity contribution in [2.75, 3.05) is 25.7 Å². The number of rotatable bonds is 7. The molecule has 0 N–H and O–H groups in total. The summed E-state index contributed by atoms with van der Waals surface area (Å²) in [5.74, 6) is 0.525. The number of methoxy groups -OCH3 is 2. The number of nitrogens with zero attached hydrogens (tertiary/aromatic N) is 1. The predicted octanol–water partition coefficient (Wildman–Crippen LogP) is 1.68. The minimum atomic E-state index is -3.93. The second kappa shape index (κ2) is 7.51. The molecule has 1 saturated heterocycles. The van der Waals surface area contributed by atoms with Crippen molar-refractivity contribution in [3.63, 3.8) is 0 Å². The highest BCUT2D eigenvalue weighted by molar-refractivity contribution is 7.92. The molecule has 2 atom stereocenters. The van der Waals surface area contributed by atoms with Gasteiger partial charge in [-0.25, -0.2) is 16.8 Å². The smallest absolute Gasteiger partial charge is 0.247 e. The van der Waals surface area contributed by atoms with E-state index in [-0.39, 0.29) is 28.2 Å². The quantitative estimate of drug-likeness (QED) is 0.702. The van der Waals surface area contributed by atoms with Crippen molar-refractivity contribution in [3.8, 4) is 11.5 Å². The molecule has 9 heteroatoms. The Hall–Kier alpha value is -1.32. The molecule has 0 spiro atoms. The Balaban J connectivity index is 2.53. The number of hydrogen-bond donors (Lipinski definition) is 0. The van der Waals surface area contributed by atoms with Crippen molar-refractivity contribution in [1.29, 1.82) is 0 Å². The van der Waals surface area contributed by atoms with Gasteiger partial charge in [0.15, 0.2) is 9.84 Å². The van der Waals surface area contributed by atoms with Gasteiger partial charge in [0, 0.05) is 18.2 Å². The Morgan fingerprint density at radius 1 is 1.28 bits per heavy atom. The molecule has 1 heterocycles. The Morgan fingerprint density at radius 3 is 2.44 bits per heavy atom. The molecule has 0 unspecified atom stereocenters. The summed E-state index contributed by atoms with van der Waals surface area (Å²) < 4.78 is 62.1. The van der Waals surface area contributed by atoms with Gasteiger partial charge in [0.1, 0.15) is 16.4 Å². The lowest BCUT2D eigenvalue weighted by Gasteiger charge is -2.32. The molecule has 0 saturated carbocycles. The molecule has 1 fully saturated rings. The van der Waals surface area contributed by atoms with E-state index < -0.39 is 25.9 Å². The minimum Gasteiger partial charge on any atom is -0.497 e. The number of ether oxygens (including phenoxy) is 2. The highest BCUT2D eigenvalue weighted by atomic mass is 32.2. The van der Waals surface area contributed by atoms with Crippen LogP contribution < -0.4 is 9.47 Å². The molecule has 0 radical (unpaired) electrons. The lowest BCUT2D eigenvalue weighted by molar-refractivity contribution is 0.270. The summed E-state index contributed by atoms with van der Waals surface area (Å²) in [7, 11) is -4.26. The summed E-state index contributed by atoms with van der Waals surface area (Å²) >= 11 is 0. The van der Waals surface area contributed by atoms with Crippen LogP contribution in [0.1, 0.15) is 26.7 Å². The van der Waals surface area contributed by atoms with Crippen LogP contribution >= 0.6 is 0 Å². The van der Waals surface area contributed by atoms with Crippen molar-refractivity contribution >= 4 is 19.9 Å². The summed E-state index contributed by atoms with van der Waals surface area (Å²) in [5, 5.41) is 0. The van der Waals surface area contributed by atoms with E-state index in [1.54, 1.807) is 13.0 Å². The van der Waals surface area contributed by atoms with Gasteiger partial charge in [-0.15, -0.1) is 0 Å². The first-order valence-corrected chi connectivity index (χ1v) is 11.4. The first-order chi connectivity index (χ1) is 11.7. The fraction of sp³-hybridized carbons (Fsp3) is 0.625. The molecule has 1 aliphatic heterocycles. The minimum absolute atomic E-state index is 0.0138. The van der Waals surface area contributed by atoms with Gasteiger partial charge in [-0.1, -0.05) is 6.92 Å². The molecule has 0 aromatic heterocycles. The lowest BCUT2D eigenvalue weighted by Crippen LogP contribution is -2.46. The Bertz CT molecular complexity index is 819. The van der Waals surface area contributed by atoms with E-state index in [0.29, 0.717) is 18.6 Å². The van der Waals surface area contributed by atoms with Crippen LogP contribution in [0.5, 0.6) is 11.5 Å². The van der Waals surface area contributed by atoms with Gasteiger partial charge < -0.3 is 9.47 Å². The van der Waals surface area contributed by atoms with E-state index in [0.717, 1.165) is 0 Å². The zero-order valence-corrected chi connectivity index (χ0v) is 16.6. The van der Waals surface area contributed by atoms with E-state index in [1.165, 1.54) is 30.7 Å². The first kappa shape index (κ1) is 20.0. The Labute approximate surface area is 149 Å². The average molecular weight is 392 g/mol. The standard InChI is InChI=1S/C16H25NO6S2/c1-5-12(2)17(13-8-9-24(18,19)11-13)25(20,21)16-7-6-14(22-3)10-15(16)23-4/h6-7,10,12-13H,5,8-9,11H2,1-4H3/t12-,13-/m0/s1. The van der Waals surface area contributed by atoms with Gasteiger partial charge in [-0.2, -0.15) is 4.31 Å². The number of hydrogen-bond acceptors (Lipinski definition) is 6. The third kappa shape index (κ3) is 4.09. The molecule has 1 aromatic rings. The van der Waals surface area contributed by atoms with Crippen LogP contribution in [-0.2, 0) is 19.9 Å². The molecule has 25 heavy (non-hydrogen) atoms. The molecule has 0 amide bonds. The number of sulfone groups is 1. The largest absolute Gasteiger partial charge is 0.497 e. The van der Waals surface area contributed by atoms with Crippen LogP contribution in [0.2, 0.25) is 0 Å². The average Bonchev–Trinajstić information content (AvgIpc) is 2.93. The van der Waals surface area contributed by atoms with Crippen LogP contribution in [0.25, 0.3) is 0 Å². The van der Waals surface area contributed by atoms with E-state index in [1.807, 2.05) is 6.92 Å². The fourth-order valence-electron chi connectivity index (χ4n) is 3.05. The monoisotopic (exact) mass is 391 g/mol. The van der Waals surface area contributed by atoms with Gasteiger partial charge in [-0.05, 0) is 31.9 Å². The van der Waals surface area contributed by atoms with Crippen molar-refractivity contribution in [2.24, 2.45) is 0 Å². The fourth-order valence-corrected chi connectivity index (χ4v) is 6.92. The van der Waals surface area contributed by atoms with Crippen molar-refractivity contribution in [3.05, 3.63) is 18.2 Å². The van der Waals surface area contributed by atoms with Crippen molar-refractivity contribution < 1.29 is 26.3 Å². The molecule has 142 valence electrons. The zero-order valence-electron chi connectivity index (χ0n) is 14.9. The van der Waals surface area contributed by atoms with E-state index in [9.17, 15) is 16.8 Å². The van der Waals surface area contributed by atoms with Crippen LogP contribution in [-0.4, -0.2) is 58.9 Å². The van der Waals surface area contributed by atoms with Gasteiger partial charge in [0.25, 0.3) is 0 Å². The summed E-state index contributed by atoms with van der Waals surface area (Å²) in [6, 6.07) is 3.61. The van der Waals surface area contributed by atoms with Crippen LogP contribution in [0, 0.1) is 0 Å². The highest BCUT2D eigenvalue weighted by Crippen LogP contribution is 2.34. The molecule has 1 aliphatic rings. The van der Waals surface area contributed by atoms with Crippen molar-refractivity contribution in [1.82, 2.24) is 4.31 Å². The maximum atomic E-state index is 13.3. The third-order valence-corrected chi connectivity index (χ3v) is 8.38. The molecule has 1 aromatic carbocycles. The van der Waals surface area contributed by atoms with Gasteiger partial charge in [-0.3, -0.25) is 0 Å². The summed E-state index contributed by atoms with van der Waals surface area (Å²) in [5.41, 5.74) is 0. The molecular weight excluding hydrogens is 366 g/mol. The first-order valence-electron chi connectivity index (χ1n) is 8.12. The summed E-state index contributed by atoms with van der Waals surface area (Å²) in [6.45, 7) is 3.67. The summed E-state index contributed by atoms with van der Waals surface area (Å²) in [4.78, 5) is 0.0143. The second-order valence-corrected chi connectivity index (χ2v) is 10.2. The van der Waals surface area contributed by atoms with Gasteiger partial charge in [0.2, 0.25) is 10.0 Å². The van der Waals surface area contributed by atoms with Crippen molar-refractivity contribution in [2.45, 2.75) is 43.7 Å². The molecule has 2 rings (SSSR count). The maximum absolute atomic E-state index is 13.3. The lowest BCUT2D eigenvalue weighted by atomic mass is 10.2. The number of sulfonamides is 1. The predicted molar refractivity (Wildman–Crippen MR) is 95.4 cm³/mol. The number of benzene rings is 1. The molecular formula is C16H25NO6S2. The van der Waals surface area contributed by atoms with Gasteiger partial charge >= 0.3 is 0 Å². The van der Waals surface area contributed by atoms with E-state index in [4.69, 9.17) is 9.47 Å². The Kier molecular flexibility index (Phi) is 6.01. The van der Waals surface area contributed by atoms with Crippen LogP contribution in [0.3, 0.4) is 0 Å². The van der Waals surface area contributed by atoms with Gasteiger partial charge in [0.05, 0.1) is 25.7 Å². The molecule has 0 bridgehead atoms. The van der Waals surface area contributed by atoms with Crippen LogP contribution in [0.4, 0.5) is 0 Å². The van der Waals surface area contributed by atoms with E-state index in [2.05, 4.69) is 0 Å². The highest BCUT2D eigenvalue weighted by Gasteiger charge is 2.41. The molecule has 0 aliphatic carbocycles.